The number of aromatic nitrogens is 2. The topological polar surface area (TPSA) is 25.8 Å². The maximum absolute atomic E-state index is 13.7. The second-order valence-electron chi connectivity index (χ2n) is 8.35. The second kappa shape index (κ2) is 9.36. The molecule has 210 valence electrons. The highest BCUT2D eigenvalue weighted by molar-refractivity contribution is 6.04. The number of rotatable bonds is 8. The molecular weight excluding hydrogens is 558 g/mol. The van der Waals surface area contributed by atoms with Crippen molar-refractivity contribution < 1.29 is 61.5 Å². The van der Waals surface area contributed by atoms with Crippen molar-refractivity contribution in [2.45, 2.75) is 61.7 Å². The summed E-state index contributed by atoms with van der Waals surface area (Å²) in [6.45, 7) is 0. The van der Waals surface area contributed by atoms with Crippen molar-refractivity contribution in [2.24, 2.45) is 0 Å². The number of hydrogen-bond acceptors (Lipinski definition) is 2. The van der Waals surface area contributed by atoms with Crippen molar-refractivity contribution in [3.05, 3.63) is 47.8 Å². The number of nitrogens with zero attached hydrogens (tertiary/aromatic N) is 2. The lowest BCUT2D eigenvalue weighted by atomic mass is 9.95. The first-order valence-electron chi connectivity index (χ1n) is 10.4. The van der Waals surface area contributed by atoms with Crippen LogP contribution in [0.15, 0.2) is 36.7 Å². The van der Waals surface area contributed by atoms with Crippen molar-refractivity contribution in [3.8, 4) is 0 Å². The van der Waals surface area contributed by atoms with Crippen LogP contribution in [0.3, 0.4) is 0 Å². The monoisotopic (exact) mass is 572 g/mol. The Hall–Kier alpha value is -2.94. The minimum absolute atomic E-state index is 0.0234. The molecule has 0 bridgehead atoms. The van der Waals surface area contributed by atoms with Crippen LogP contribution in [0.5, 0.6) is 0 Å². The molecule has 0 radical (unpaired) electrons. The van der Waals surface area contributed by atoms with Crippen LogP contribution in [-0.2, 0) is 12.8 Å². The largest absolute Gasteiger partial charge is 0.459 e. The molecule has 0 saturated heterocycles. The molecule has 2 nitrogen and oxygen atoms in total. The quantitative estimate of drug-likeness (QED) is 0.201. The first kappa shape index (κ1) is 29.6. The normalized spacial score (nSPS) is 14.5. The van der Waals surface area contributed by atoms with Crippen LogP contribution in [0, 0.1) is 0 Å². The Bertz CT molecular complexity index is 1210. The van der Waals surface area contributed by atoms with Crippen molar-refractivity contribution in [1.82, 2.24) is 9.97 Å². The van der Waals surface area contributed by atoms with Gasteiger partial charge in [-0.2, -0.15) is 61.5 Å². The van der Waals surface area contributed by atoms with Gasteiger partial charge < -0.3 is 0 Å². The number of pyridine rings is 2. The molecule has 0 aliphatic rings. The molecule has 1 aromatic carbocycles. The van der Waals surface area contributed by atoms with Crippen LogP contribution in [0.4, 0.5) is 61.5 Å². The first-order valence-corrected chi connectivity index (χ1v) is 10.4. The highest BCUT2D eigenvalue weighted by atomic mass is 19.4. The molecule has 0 N–H and O–H groups in total. The smallest absolute Gasteiger partial charge is 0.254 e. The van der Waals surface area contributed by atoms with Gasteiger partial charge in [-0.15, -0.1) is 0 Å². The Kier molecular flexibility index (Phi) is 7.30. The SMILES string of the molecule is FC(F)(F)C(F)(F)C(F)(F)CCc1ccnc2c1ccc1c(CCC(F)(F)C(F)(F)C(F)(F)F)ccnc12. The Morgan fingerprint density at radius 2 is 0.789 bits per heavy atom. The number of alkyl halides is 14. The molecule has 2 aromatic heterocycles. The fourth-order valence-corrected chi connectivity index (χ4v) is 3.69. The van der Waals surface area contributed by atoms with Crippen molar-refractivity contribution >= 4 is 21.8 Å². The summed E-state index contributed by atoms with van der Waals surface area (Å²) in [7, 11) is 0. The van der Waals surface area contributed by atoms with E-state index in [-0.39, 0.29) is 32.9 Å². The van der Waals surface area contributed by atoms with Crippen LogP contribution >= 0.6 is 0 Å². The molecule has 0 atom stereocenters. The van der Waals surface area contributed by atoms with E-state index >= 15 is 0 Å². The van der Waals surface area contributed by atoms with Gasteiger partial charge in [-0.3, -0.25) is 9.97 Å². The van der Waals surface area contributed by atoms with Gasteiger partial charge in [-0.1, -0.05) is 12.1 Å². The van der Waals surface area contributed by atoms with Crippen molar-refractivity contribution in [1.29, 1.82) is 0 Å². The molecule has 0 fully saturated rings. The fourth-order valence-electron chi connectivity index (χ4n) is 3.69. The molecule has 0 amide bonds. The highest BCUT2D eigenvalue weighted by Crippen LogP contribution is 2.49. The lowest BCUT2D eigenvalue weighted by Gasteiger charge is -2.28. The van der Waals surface area contributed by atoms with Gasteiger partial charge in [0.05, 0.1) is 11.0 Å². The van der Waals surface area contributed by atoms with Crippen molar-refractivity contribution in [3.63, 3.8) is 0 Å². The van der Waals surface area contributed by atoms with E-state index in [9.17, 15) is 61.5 Å². The molecule has 0 aliphatic heterocycles. The fraction of sp³-hybridized carbons (Fsp3) is 0.455. The minimum atomic E-state index is -6.51. The predicted molar refractivity (Wildman–Crippen MR) is 106 cm³/mol. The van der Waals surface area contributed by atoms with Gasteiger partial charge in [0, 0.05) is 36.0 Å². The van der Waals surface area contributed by atoms with Gasteiger partial charge in [0.25, 0.3) is 0 Å². The molecule has 0 spiro atoms. The van der Waals surface area contributed by atoms with E-state index in [1.165, 1.54) is 0 Å². The zero-order valence-corrected chi connectivity index (χ0v) is 18.5. The van der Waals surface area contributed by atoms with E-state index in [1.807, 2.05) is 0 Å². The molecule has 16 heteroatoms. The number of benzene rings is 1. The van der Waals surface area contributed by atoms with Gasteiger partial charge in [0.1, 0.15) is 0 Å². The zero-order valence-electron chi connectivity index (χ0n) is 18.5. The Morgan fingerprint density at radius 3 is 1.08 bits per heavy atom. The second-order valence-corrected chi connectivity index (χ2v) is 8.35. The Morgan fingerprint density at radius 1 is 0.474 bits per heavy atom. The highest BCUT2D eigenvalue weighted by Gasteiger charge is 2.73. The summed E-state index contributed by atoms with van der Waals surface area (Å²) in [5.41, 5.74) is -0.531. The lowest BCUT2D eigenvalue weighted by Crippen LogP contribution is -2.52. The molecule has 0 unspecified atom stereocenters. The number of halogens is 14. The molecule has 38 heavy (non-hydrogen) atoms. The summed E-state index contributed by atoms with van der Waals surface area (Å²) in [4.78, 5) is 7.86. The van der Waals surface area contributed by atoms with E-state index in [0.29, 0.717) is 0 Å². The summed E-state index contributed by atoms with van der Waals surface area (Å²) in [6.07, 6.45) is -16.8. The van der Waals surface area contributed by atoms with E-state index < -0.39 is 61.7 Å². The van der Waals surface area contributed by atoms with Gasteiger partial charge >= 0.3 is 36.0 Å². The summed E-state index contributed by atoms with van der Waals surface area (Å²) in [6, 6.07) is 4.40. The number of fused-ring (bicyclic) bond motifs is 3. The van der Waals surface area contributed by atoms with Crippen LogP contribution in [-0.4, -0.2) is 46.0 Å². The van der Waals surface area contributed by atoms with Crippen LogP contribution in [0.1, 0.15) is 24.0 Å². The Labute approximate surface area is 203 Å². The van der Waals surface area contributed by atoms with Gasteiger partial charge in [-0.25, -0.2) is 0 Å². The van der Waals surface area contributed by atoms with E-state index in [0.717, 1.165) is 36.7 Å². The van der Waals surface area contributed by atoms with Crippen LogP contribution in [0.25, 0.3) is 21.8 Å². The van der Waals surface area contributed by atoms with Crippen LogP contribution in [0.2, 0.25) is 0 Å². The third kappa shape index (κ3) is 5.05. The van der Waals surface area contributed by atoms with Gasteiger partial charge in [-0.05, 0) is 36.1 Å². The summed E-state index contributed by atoms with van der Waals surface area (Å²) in [5, 5.41) is -0.0468. The number of hydrogen-bond donors (Lipinski definition) is 0. The summed E-state index contributed by atoms with van der Waals surface area (Å²) < 4.78 is 182. The van der Waals surface area contributed by atoms with E-state index in [4.69, 9.17) is 0 Å². The molecule has 0 aliphatic carbocycles. The average Bonchev–Trinajstić information content (AvgIpc) is 2.79. The maximum Gasteiger partial charge on any atom is 0.459 e. The molecular formula is C22H14F14N2. The third-order valence-corrected chi connectivity index (χ3v) is 5.85. The average molecular weight is 572 g/mol. The molecule has 0 saturated carbocycles. The molecule has 3 aromatic rings. The lowest BCUT2D eigenvalue weighted by molar-refractivity contribution is -0.355. The first-order chi connectivity index (χ1) is 17.1. The third-order valence-electron chi connectivity index (χ3n) is 5.85. The van der Waals surface area contributed by atoms with E-state index in [1.54, 1.807) is 0 Å². The van der Waals surface area contributed by atoms with Crippen molar-refractivity contribution in [2.75, 3.05) is 0 Å². The molecule has 2 heterocycles. The minimum Gasteiger partial charge on any atom is -0.254 e. The maximum atomic E-state index is 13.7. The van der Waals surface area contributed by atoms with Gasteiger partial charge in [0.2, 0.25) is 0 Å². The standard InChI is InChI=1S/C22H14F14N2/c23-17(24,19(27,28)21(31,32)33)7-3-11-5-9-37-15-13(11)1-2-14-12(6-10-38-16(14)15)4-8-18(25,26)20(29,30)22(34,35)36/h1-2,5-6,9-10H,3-4,7-8H2. The zero-order chi connectivity index (χ0) is 28.9. The van der Waals surface area contributed by atoms with Crippen LogP contribution < -0.4 is 0 Å². The molecule has 3 rings (SSSR count). The number of aryl methyl sites for hydroxylation is 2. The van der Waals surface area contributed by atoms with E-state index in [2.05, 4.69) is 9.97 Å². The summed E-state index contributed by atoms with van der Waals surface area (Å²) >= 11 is 0. The van der Waals surface area contributed by atoms with Gasteiger partial charge in [0.15, 0.2) is 0 Å². The predicted octanol–water partition coefficient (Wildman–Crippen LogP) is 8.31. The Balaban J connectivity index is 1.94. The summed E-state index contributed by atoms with van der Waals surface area (Å²) in [5.74, 6) is -23.5.